The maximum absolute atomic E-state index is 11.8. The van der Waals surface area contributed by atoms with Crippen LogP contribution >= 0.6 is 0 Å². The third kappa shape index (κ3) is 8.03. The van der Waals surface area contributed by atoms with Crippen LogP contribution in [0.2, 0.25) is 0 Å². The molecule has 0 radical (unpaired) electrons. The number of rotatable bonds is 6. The van der Waals surface area contributed by atoms with Gasteiger partial charge in [-0.1, -0.05) is 38.1 Å². The van der Waals surface area contributed by atoms with Crippen LogP contribution < -0.4 is 10.6 Å². The van der Waals surface area contributed by atoms with Gasteiger partial charge < -0.3 is 15.4 Å². The van der Waals surface area contributed by atoms with Crippen LogP contribution in [0.3, 0.4) is 0 Å². The van der Waals surface area contributed by atoms with Crippen LogP contribution in [-0.4, -0.2) is 23.8 Å². The lowest BCUT2D eigenvalue weighted by Gasteiger charge is -2.29. The predicted octanol–water partition coefficient (Wildman–Crippen LogP) is 4.20. The zero-order valence-electron chi connectivity index (χ0n) is 15.6. The first-order valence-corrected chi connectivity index (χ1v) is 8.29. The molecule has 0 aromatic heterocycles. The van der Waals surface area contributed by atoms with Crippen molar-refractivity contribution in [2.45, 2.75) is 72.1 Å². The summed E-state index contributed by atoms with van der Waals surface area (Å²) in [5.41, 5.74) is 1.73. The molecule has 0 saturated heterocycles. The zero-order valence-corrected chi connectivity index (χ0v) is 15.6. The Labute approximate surface area is 141 Å². The minimum atomic E-state index is -0.480. The van der Waals surface area contributed by atoms with Crippen molar-refractivity contribution >= 4 is 6.09 Å². The van der Waals surface area contributed by atoms with Gasteiger partial charge in [0.2, 0.25) is 0 Å². The van der Waals surface area contributed by atoms with Crippen LogP contribution in [0.4, 0.5) is 4.79 Å². The van der Waals surface area contributed by atoms with Crippen LogP contribution in [0.1, 0.15) is 65.5 Å². The van der Waals surface area contributed by atoms with Gasteiger partial charge in [0.15, 0.2) is 0 Å². The summed E-state index contributed by atoms with van der Waals surface area (Å²) in [6, 6.07) is 8.64. The molecule has 1 aromatic carbocycles. The summed E-state index contributed by atoms with van der Waals surface area (Å²) >= 11 is 0. The molecule has 0 aliphatic rings. The number of alkyl carbamates (subject to hydrolysis) is 1. The highest BCUT2D eigenvalue weighted by Crippen LogP contribution is 2.14. The van der Waals surface area contributed by atoms with Gasteiger partial charge in [-0.25, -0.2) is 4.79 Å². The van der Waals surface area contributed by atoms with Gasteiger partial charge in [-0.15, -0.1) is 0 Å². The number of carbonyl (C=O) groups is 1. The zero-order chi connectivity index (χ0) is 17.7. The SMILES string of the molecule is CC(C)c1ccc(CNCC(C)(C)NC(=O)OC(C)(C)C)cc1. The van der Waals surface area contributed by atoms with Crippen LogP contribution in [0.25, 0.3) is 0 Å². The molecule has 0 spiro atoms. The van der Waals surface area contributed by atoms with Gasteiger partial charge in [-0.2, -0.15) is 0 Å². The van der Waals surface area contributed by atoms with E-state index in [0.717, 1.165) is 6.54 Å². The van der Waals surface area contributed by atoms with Crippen LogP contribution in [0, 0.1) is 0 Å². The Kier molecular flexibility index (Phi) is 6.63. The van der Waals surface area contributed by atoms with E-state index in [1.165, 1.54) is 11.1 Å². The van der Waals surface area contributed by atoms with Crippen molar-refractivity contribution in [1.82, 2.24) is 10.6 Å². The number of amides is 1. The van der Waals surface area contributed by atoms with Gasteiger partial charge in [-0.3, -0.25) is 0 Å². The molecule has 0 aliphatic heterocycles. The molecule has 0 saturated carbocycles. The number of ether oxygens (including phenoxy) is 1. The molecule has 1 amide bonds. The predicted molar refractivity (Wildman–Crippen MR) is 95.7 cm³/mol. The molecule has 0 aliphatic carbocycles. The number of nitrogens with one attached hydrogen (secondary N) is 2. The van der Waals surface area contributed by atoms with Crippen molar-refractivity contribution in [2.24, 2.45) is 0 Å². The van der Waals surface area contributed by atoms with Crippen molar-refractivity contribution in [2.75, 3.05) is 6.54 Å². The fourth-order valence-electron chi connectivity index (χ4n) is 2.16. The number of carbonyl (C=O) groups excluding carboxylic acids is 1. The number of hydrogen-bond donors (Lipinski definition) is 2. The maximum Gasteiger partial charge on any atom is 0.408 e. The van der Waals surface area contributed by atoms with Crippen molar-refractivity contribution < 1.29 is 9.53 Å². The lowest BCUT2D eigenvalue weighted by molar-refractivity contribution is 0.0472. The second-order valence-corrected chi connectivity index (χ2v) is 8.01. The molecule has 1 aromatic rings. The average Bonchev–Trinajstić information content (AvgIpc) is 2.35. The second-order valence-electron chi connectivity index (χ2n) is 8.01. The Morgan fingerprint density at radius 3 is 2.13 bits per heavy atom. The summed E-state index contributed by atoms with van der Waals surface area (Å²) in [6.45, 7) is 15.4. The second kappa shape index (κ2) is 7.82. The fraction of sp³-hybridized carbons (Fsp3) is 0.632. The largest absolute Gasteiger partial charge is 0.444 e. The van der Waals surface area contributed by atoms with E-state index >= 15 is 0 Å². The van der Waals surface area contributed by atoms with Gasteiger partial charge in [0.25, 0.3) is 0 Å². The van der Waals surface area contributed by atoms with E-state index in [0.29, 0.717) is 12.5 Å². The Balaban J connectivity index is 2.42. The Morgan fingerprint density at radius 2 is 1.65 bits per heavy atom. The smallest absolute Gasteiger partial charge is 0.408 e. The van der Waals surface area contributed by atoms with Crippen molar-refractivity contribution in [3.63, 3.8) is 0 Å². The molecule has 4 heteroatoms. The van der Waals surface area contributed by atoms with E-state index in [9.17, 15) is 4.79 Å². The molecule has 4 nitrogen and oxygen atoms in total. The molecule has 0 atom stereocenters. The van der Waals surface area contributed by atoms with Crippen LogP contribution in [0.15, 0.2) is 24.3 Å². The first-order chi connectivity index (χ1) is 10.5. The van der Waals surface area contributed by atoms with E-state index in [1.807, 2.05) is 34.6 Å². The Hall–Kier alpha value is -1.55. The summed E-state index contributed by atoms with van der Waals surface area (Å²) in [5, 5.41) is 6.29. The van der Waals surface area contributed by atoms with Crippen LogP contribution in [0.5, 0.6) is 0 Å². The number of benzene rings is 1. The average molecular weight is 320 g/mol. The van der Waals surface area contributed by atoms with Gasteiger partial charge in [0.05, 0.1) is 5.54 Å². The minimum absolute atomic E-state index is 0.375. The molecule has 1 rings (SSSR count). The first kappa shape index (κ1) is 19.5. The monoisotopic (exact) mass is 320 g/mol. The van der Waals surface area contributed by atoms with E-state index in [-0.39, 0.29) is 11.6 Å². The van der Waals surface area contributed by atoms with Crippen molar-refractivity contribution in [3.8, 4) is 0 Å². The van der Waals surface area contributed by atoms with Gasteiger partial charge >= 0.3 is 6.09 Å². The van der Waals surface area contributed by atoms with E-state index < -0.39 is 5.60 Å². The van der Waals surface area contributed by atoms with E-state index in [4.69, 9.17) is 4.74 Å². The van der Waals surface area contributed by atoms with Crippen molar-refractivity contribution in [3.05, 3.63) is 35.4 Å². The van der Waals surface area contributed by atoms with E-state index in [2.05, 4.69) is 48.7 Å². The molecule has 23 heavy (non-hydrogen) atoms. The topological polar surface area (TPSA) is 50.4 Å². The van der Waals surface area contributed by atoms with E-state index in [1.54, 1.807) is 0 Å². The lowest BCUT2D eigenvalue weighted by Crippen LogP contribution is -2.51. The molecular formula is C19H32N2O2. The third-order valence-electron chi connectivity index (χ3n) is 3.38. The minimum Gasteiger partial charge on any atom is -0.444 e. The maximum atomic E-state index is 11.8. The van der Waals surface area contributed by atoms with Crippen LogP contribution in [-0.2, 0) is 11.3 Å². The molecular weight excluding hydrogens is 288 g/mol. The Bertz CT molecular complexity index is 499. The molecule has 0 unspecified atom stereocenters. The highest BCUT2D eigenvalue weighted by molar-refractivity contribution is 5.68. The van der Waals surface area contributed by atoms with Gasteiger partial charge in [0, 0.05) is 13.1 Å². The van der Waals surface area contributed by atoms with Crippen molar-refractivity contribution in [1.29, 1.82) is 0 Å². The van der Waals surface area contributed by atoms with Gasteiger partial charge in [-0.05, 0) is 51.7 Å². The first-order valence-electron chi connectivity index (χ1n) is 8.29. The molecule has 0 fully saturated rings. The normalized spacial score (nSPS) is 12.3. The standard InChI is InChI=1S/C19H32N2O2/c1-14(2)16-10-8-15(9-11-16)12-20-13-19(6,7)21-17(22)23-18(3,4)5/h8-11,14,20H,12-13H2,1-7H3,(H,21,22). The quantitative estimate of drug-likeness (QED) is 0.826. The molecule has 0 heterocycles. The van der Waals surface area contributed by atoms with Gasteiger partial charge in [0.1, 0.15) is 5.60 Å². The molecule has 2 N–H and O–H groups in total. The fourth-order valence-corrected chi connectivity index (χ4v) is 2.16. The highest BCUT2D eigenvalue weighted by Gasteiger charge is 2.24. The summed E-state index contributed by atoms with van der Waals surface area (Å²) in [5.74, 6) is 0.550. The summed E-state index contributed by atoms with van der Waals surface area (Å²) < 4.78 is 5.30. The summed E-state index contributed by atoms with van der Waals surface area (Å²) in [7, 11) is 0. The summed E-state index contributed by atoms with van der Waals surface area (Å²) in [6.07, 6.45) is -0.384. The molecule has 0 bridgehead atoms. The number of hydrogen-bond acceptors (Lipinski definition) is 3. The summed E-state index contributed by atoms with van der Waals surface area (Å²) in [4.78, 5) is 11.8. The third-order valence-corrected chi connectivity index (χ3v) is 3.38. The molecule has 130 valence electrons. The highest BCUT2D eigenvalue weighted by atomic mass is 16.6. The Morgan fingerprint density at radius 1 is 1.09 bits per heavy atom. The lowest BCUT2D eigenvalue weighted by atomic mass is 10.0.